The second-order valence-electron chi connectivity index (χ2n) is 4.04. The number of sulfonamides is 1. The van der Waals surface area contributed by atoms with Gasteiger partial charge in [-0.2, -0.15) is 0 Å². The Balaban J connectivity index is 2.34. The summed E-state index contributed by atoms with van der Waals surface area (Å²) in [6, 6.07) is 10.3. The molecule has 2 aromatic rings. The number of nitrogens with one attached hydrogen (secondary N) is 1. The summed E-state index contributed by atoms with van der Waals surface area (Å²) in [5, 5.41) is 0. The Labute approximate surface area is 111 Å². The van der Waals surface area contributed by atoms with Crippen LogP contribution in [0.25, 0.3) is 11.1 Å². The lowest BCUT2D eigenvalue weighted by molar-refractivity contribution is 0.111. The molecule has 19 heavy (non-hydrogen) atoms. The van der Waals surface area contributed by atoms with Crippen molar-refractivity contribution in [2.45, 2.75) is 0 Å². The number of hydrogen-bond acceptors (Lipinski definition) is 4. The number of aldehydes is 1. The third kappa shape index (κ3) is 3.62. The van der Waals surface area contributed by atoms with Gasteiger partial charge >= 0.3 is 0 Å². The Morgan fingerprint density at radius 3 is 2.53 bits per heavy atom. The van der Waals surface area contributed by atoms with Crippen molar-refractivity contribution < 1.29 is 13.2 Å². The summed E-state index contributed by atoms with van der Waals surface area (Å²) in [5.41, 5.74) is 2.47. The van der Waals surface area contributed by atoms with Gasteiger partial charge in [0.25, 0.3) is 0 Å². The minimum atomic E-state index is -3.30. The Hall–Kier alpha value is -2.21. The number of carbonyl (C=O) groups excluding carboxylic acids is 1. The molecule has 0 aliphatic rings. The summed E-state index contributed by atoms with van der Waals surface area (Å²) in [4.78, 5) is 14.5. The summed E-state index contributed by atoms with van der Waals surface area (Å²) >= 11 is 0. The van der Waals surface area contributed by atoms with Gasteiger partial charge in [0.1, 0.15) is 5.69 Å². The Morgan fingerprint density at radius 1 is 1.16 bits per heavy atom. The van der Waals surface area contributed by atoms with Gasteiger partial charge in [0.05, 0.1) is 6.26 Å². The zero-order chi connectivity index (χ0) is 13.9. The number of carbonyl (C=O) groups is 1. The van der Waals surface area contributed by atoms with E-state index in [-0.39, 0.29) is 0 Å². The first-order valence-electron chi connectivity index (χ1n) is 5.47. The second-order valence-corrected chi connectivity index (χ2v) is 5.79. The van der Waals surface area contributed by atoms with Crippen molar-refractivity contribution in [2.75, 3.05) is 11.0 Å². The van der Waals surface area contributed by atoms with E-state index in [1.165, 1.54) is 0 Å². The number of nitrogens with zero attached hydrogens (tertiary/aromatic N) is 1. The molecule has 0 radical (unpaired) electrons. The summed E-state index contributed by atoms with van der Waals surface area (Å²) in [5.74, 6) is 0. The monoisotopic (exact) mass is 276 g/mol. The number of rotatable bonds is 4. The highest BCUT2D eigenvalue weighted by Crippen LogP contribution is 2.22. The van der Waals surface area contributed by atoms with Gasteiger partial charge in [0.15, 0.2) is 6.29 Å². The molecule has 0 saturated heterocycles. The maximum atomic E-state index is 11.2. The molecule has 1 heterocycles. The van der Waals surface area contributed by atoms with Gasteiger partial charge in [0.2, 0.25) is 10.0 Å². The van der Waals surface area contributed by atoms with E-state index in [0.717, 1.165) is 17.4 Å². The second kappa shape index (κ2) is 5.19. The lowest BCUT2D eigenvalue weighted by Gasteiger charge is -2.06. The molecule has 2 rings (SSSR count). The number of benzene rings is 1. The van der Waals surface area contributed by atoms with E-state index >= 15 is 0 Å². The van der Waals surface area contributed by atoms with Crippen molar-refractivity contribution in [1.29, 1.82) is 0 Å². The number of pyridine rings is 1. The van der Waals surface area contributed by atoms with Crippen LogP contribution in [-0.2, 0) is 10.0 Å². The van der Waals surface area contributed by atoms with Crippen LogP contribution in [0.3, 0.4) is 0 Å². The maximum absolute atomic E-state index is 11.2. The molecular formula is C13H12N2O3S. The molecule has 1 aromatic carbocycles. The molecule has 0 saturated carbocycles. The normalized spacial score (nSPS) is 11.0. The van der Waals surface area contributed by atoms with E-state index < -0.39 is 10.0 Å². The first kappa shape index (κ1) is 13.2. The Morgan fingerprint density at radius 2 is 1.95 bits per heavy atom. The zero-order valence-corrected chi connectivity index (χ0v) is 11.0. The van der Waals surface area contributed by atoms with E-state index in [4.69, 9.17) is 0 Å². The molecule has 0 spiro atoms. The quantitative estimate of drug-likeness (QED) is 0.866. The average Bonchev–Trinajstić information content (AvgIpc) is 2.37. The largest absolute Gasteiger partial charge is 0.296 e. The van der Waals surface area contributed by atoms with E-state index in [2.05, 4.69) is 9.71 Å². The van der Waals surface area contributed by atoms with E-state index in [1.54, 1.807) is 36.5 Å². The van der Waals surface area contributed by atoms with Crippen LogP contribution in [0.2, 0.25) is 0 Å². The molecule has 6 heteroatoms. The van der Waals surface area contributed by atoms with Gasteiger partial charge in [-0.3, -0.25) is 14.5 Å². The molecule has 0 amide bonds. The van der Waals surface area contributed by atoms with Crippen molar-refractivity contribution in [2.24, 2.45) is 0 Å². The number of hydrogen-bond donors (Lipinski definition) is 1. The first-order chi connectivity index (χ1) is 8.98. The van der Waals surface area contributed by atoms with Gasteiger partial charge in [-0.15, -0.1) is 0 Å². The first-order valence-corrected chi connectivity index (χ1v) is 7.36. The van der Waals surface area contributed by atoms with Crippen LogP contribution in [0.1, 0.15) is 10.5 Å². The predicted molar refractivity (Wildman–Crippen MR) is 73.5 cm³/mol. The minimum Gasteiger partial charge on any atom is -0.296 e. The molecule has 0 aliphatic heterocycles. The third-order valence-electron chi connectivity index (χ3n) is 2.41. The SMILES string of the molecule is CS(=O)(=O)Nc1cccc(-c2ccc(C=O)nc2)c1. The van der Waals surface area contributed by atoms with Gasteiger partial charge in [-0.1, -0.05) is 18.2 Å². The molecule has 0 atom stereocenters. The minimum absolute atomic E-state index is 0.356. The molecule has 98 valence electrons. The van der Waals surface area contributed by atoms with E-state index in [0.29, 0.717) is 17.7 Å². The lowest BCUT2D eigenvalue weighted by Crippen LogP contribution is -2.09. The van der Waals surface area contributed by atoms with Crippen molar-refractivity contribution in [3.8, 4) is 11.1 Å². The molecule has 0 bridgehead atoms. The van der Waals surface area contributed by atoms with Gasteiger partial charge < -0.3 is 0 Å². The highest BCUT2D eigenvalue weighted by molar-refractivity contribution is 7.92. The van der Waals surface area contributed by atoms with Crippen LogP contribution in [0, 0.1) is 0 Å². The van der Waals surface area contributed by atoms with Crippen LogP contribution in [0.15, 0.2) is 42.6 Å². The zero-order valence-electron chi connectivity index (χ0n) is 10.2. The highest BCUT2D eigenvalue weighted by Gasteiger charge is 2.04. The fourth-order valence-electron chi connectivity index (χ4n) is 1.62. The predicted octanol–water partition coefficient (Wildman–Crippen LogP) is 1.93. The summed E-state index contributed by atoms with van der Waals surface area (Å²) in [7, 11) is -3.30. The molecule has 0 unspecified atom stereocenters. The van der Waals surface area contributed by atoms with Crippen LogP contribution >= 0.6 is 0 Å². The summed E-state index contributed by atoms with van der Waals surface area (Å²) in [6.07, 6.45) is 3.34. The van der Waals surface area contributed by atoms with Crippen LogP contribution in [-0.4, -0.2) is 25.9 Å². The van der Waals surface area contributed by atoms with Gasteiger partial charge in [0, 0.05) is 17.4 Å². The fraction of sp³-hybridized carbons (Fsp3) is 0.0769. The van der Waals surface area contributed by atoms with Gasteiger partial charge in [-0.05, 0) is 23.8 Å². The highest BCUT2D eigenvalue weighted by atomic mass is 32.2. The van der Waals surface area contributed by atoms with E-state index in [9.17, 15) is 13.2 Å². The fourth-order valence-corrected chi connectivity index (χ4v) is 2.18. The molecule has 1 N–H and O–H groups in total. The Bertz CT molecular complexity index is 694. The van der Waals surface area contributed by atoms with Crippen molar-refractivity contribution in [1.82, 2.24) is 4.98 Å². The van der Waals surface area contributed by atoms with Crippen molar-refractivity contribution in [3.05, 3.63) is 48.3 Å². The van der Waals surface area contributed by atoms with Gasteiger partial charge in [-0.25, -0.2) is 8.42 Å². The molecular weight excluding hydrogens is 264 g/mol. The molecule has 1 aromatic heterocycles. The summed E-state index contributed by atoms with van der Waals surface area (Å²) < 4.78 is 24.7. The topological polar surface area (TPSA) is 76.1 Å². The van der Waals surface area contributed by atoms with E-state index in [1.807, 2.05) is 6.07 Å². The standard InChI is InChI=1S/C13H12N2O3S/c1-19(17,18)15-12-4-2-3-10(7-12)11-5-6-13(9-16)14-8-11/h2-9,15H,1H3. The molecule has 0 fully saturated rings. The van der Waals surface area contributed by atoms with Crippen LogP contribution in [0.4, 0.5) is 5.69 Å². The number of anilines is 1. The maximum Gasteiger partial charge on any atom is 0.229 e. The van der Waals surface area contributed by atoms with Crippen molar-refractivity contribution >= 4 is 22.0 Å². The summed E-state index contributed by atoms with van der Waals surface area (Å²) in [6.45, 7) is 0. The number of aromatic nitrogens is 1. The lowest BCUT2D eigenvalue weighted by atomic mass is 10.1. The Kier molecular flexibility index (Phi) is 3.62. The average molecular weight is 276 g/mol. The van der Waals surface area contributed by atoms with Crippen LogP contribution in [0.5, 0.6) is 0 Å². The molecule has 5 nitrogen and oxygen atoms in total. The van der Waals surface area contributed by atoms with Crippen LogP contribution < -0.4 is 4.72 Å². The third-order valence-corrected chi connectivity index (χ3v) is 3.01. The smallest absolute Gasteiger partial charge is 0.229 e. The van der Waals surface area contributed by atoms with Crippen molar-refractivity contribution in [3.63, 3.8) is 0 Å². The molecule has 0 aliphatic carbocycles.